The fourth-order valence-electron chi connectivity index (χ4n) is 2.57. The quantitative estimate of drug-likeness (QED) is 0.850. The zero-order valence-corrected chi connectivity index (χ0v) is 10.9. The minimum Gasteiger partial charge on any atom is -0.393 e. The SMILES string of the molecule is Cc1ccsc1C(C)NC1CCCC(O)C1. The van der Waals surface area contributed by atoms with Crippen molar-refractivity contribution < 1.29 is 5.11 Å². The van der Waals surface area contributed by atoms with Crippen molar-refractivity contribution in [2.24, 2.45) is 0 Å². The Kier molecular flexibility index (Phi) is 4.00. The summed E-state index contributed by atoms with van der Waals surface area (Å²) in [5.74, 6) is 0. The van der Waals surface area contributed by atoms with Gasteiger partial charge < -0.3 is 10.4 Å². The minimum absolute atomic E-state index is 0.0946. The van der Waals surface area contributed by atoms with Gasteiger partial charge in [-0.15, -0.1) is 11.3 Å². The maximum atomic E-state index is 9.64. The molecule has 1 aromatic rings. The molecule has 16 heavy (non-hydrogen) atoms. The number of thiophene rings is 1. The van der Waals surface area contributed by atoms with Crippen LogP contribution in [0.1, 0.15) is 49.1 Å². The highest BCUT2D eigenvalue weighted by atomic mass is 32.1. The van der Waals surface area contributed by atoms with Crippen LogP contribution in [-0.2, 0) is 0 Å². The second-order valence-electron chi connectivity index (χ2n) is 4.87. The summed E-state index contributed by atoms with van der Waals surface area (Å²) in [6.45, 7) is 4.39. The molecule has 2 rings (SSSR count). The van der Waals surface area contributed by atoms with E-state index in [4.69, 9.17) is 0 Å². The van der Waals surface area contributed by atoms with Crippen LogP contribution in [0, 0.1) is 6.92 Å². The maximum Gasteiger partial charge on any atom is 0.0555 e. The summed E-state index contributed by atoms with van der Waals surface area (Å²) in [6.07, 6.45) is 4.14. The predicted molar refractivity (Wildman–Crippen MR) is 68.9 cm³/mol. The normalized spacial score (nSPS) is 27.9. The molecule has 2 N–H and O–H groups in total. The molecule has 0 spiro atoms. The van der Waals surface area contributed by atoms with E-state index in [0.717, 1.165) is 19.3 Å². The van der Waals surface area contributed by atoms with E-state index in [1.54, 1.807) is 0 Å². The molecule has 3 heteroatoms. The van der Waals surface area contributed by atoms with E-state index < -0.39 is 0 Å². The number of aliphatic hydroxyl groups is 1. The third-order valence-electron chi connectivity index (χ3n) is 3.43. The molecule has 2 nitrogen and oxygen atoms in total. The van der Waals surface area contributed by atoms with Gasteiger partial charge in [-0.2, -0.15) is 0 Å². The molecule has 90 valence electrons. The second-order valence-corrected chi connectivity index (χ2v) is 5.82. The van der Waals surface area contributed by atoms with Crippen LogP contribution in [0.5, 0.6) is 0 Å². The lowest BCUT2D eigenvalue weighted by Crippen LogP contribution is -2.37. The van der Waals surface area contributed by atoms with Crippen LogP contribution in [0.25, 0.3) is 0 Å². The summed E-state index contributed by atoms with van der Waals surface area (Å²) in [5.41, 5.74) is 1.38. The van der Waals surface area contributed by atoms with Crippen molar-refractivity contribution in [3.05, 3.63) is 21.9 Å². The van der Waals surface area contributed by atoms with Gasteiger partial charge in [-0.3, -0.25) is 0 Å². The smallest absolute Gasteiger partial charge is 0.0555 e. The summed E-state index contributed by atoms with van der Waals surface area (Å²) in [7, 11) is 0. The first kappa shape index (κ1) is 12.1. The van der Waals surface area contributed by atoms with Gasteiger partial charge in [0.1, 0.15) is 0 Å². The average Bonchev–Trinajstić information content (AvgIpc) is 2.64. The molecule has 1 fully saturated rings. The van der Waals surface area contributed by atoms with Crippen molar-refractivity contribution >= 4 is 11.3 Å². The van der Waals surface area contributed by atoms with Crippen LogP contribution in [0.2, 0.25) is 0 Å². The fraction of sp³-hybridized carbons (Fsp3) is 0.692. The van der Waals surface area contributed by atoms with Gasteiger partial charge in [0.2, 0.25) is 0 Å². The van der Waals surface area contributed by atoms with E-state index >= 15 is 0 Å². The molecule has 0 aromatic carbocycles. The number of nitrogens with one attached hydrogen (secondary N) is 1. The third kappa shape index (κ3) is 2.84. The largest absolute Gasteiger partial charge is 0.393 e. The minimum atomic E-state index is -0.0946. The first-order chi connectivity index (χ1) is 7.66. The van der Waals surface area contributed by atoms with Gasteiger partial charge in [0.15, 0.2) is 0 Å². The predicted octanol–water partition coefficient (Wildman–Crippen LogP) is 3.01. The van der Waals surface area contributed by atoms with E-state index in [1.807, 2.05) is 11.3 Å². The van der Waals surface area contributed by atoms with Crippen LogP contribution in [0.15, 0.2) is 11.4 Å². The number of aryl methyl sites for hydroxylation is 1. The van der Waals surface area contributed by atoms with Crippen molar-refractivity contribution in [1.29, 1.82) is 0 Å². The molecule has 0 radical (unpaired) electrons. The van der Waals surface area contributed by atoms with Crippen molar-refractivity contribution in [3.8, 4) is 0 Å². The highest BCUT2D eigenvalue weighted by molar-refractivity contribution is 7.10. The number of hydrogen-bond acceptors (Lipinski definition) is 3. The third-order valence-corrected chi connectivity index (χ3v) is 4.63. The Hall–Kier alpha value is -0.380. The Balaban J connectivity index is 1.92. The lowest BCUT2D eigenvalue weighted by molar-refractivity contribution is 0.109. The Morgan fingerprint density at radius 1 is 1.50 bits per heavy atom. The van der Waals surface area contributed by atoms with E-state index in [9.17, 15) is 5.11 Å². The number of rotatable bonds is 3. The molecule has 0 aliphatic heterocycles. The molecule has 1 aromatic heterocycles. The average molecular weight is 239 g/mol. The standard InChI is InChI=1S/C13H21NOS/c1-9-6-7-16-13(9)10(2)14-11-4-3-5-12(15)8-11/h6-7,10-12,14-15H,3-5,8H2,1-2H3. The number of aliphatic hydroxyl groups excluding tert-OH is 1. The fourth-order valence-corrected chi connectivity index (χ4v) is 3.52. The highest BCUT2D eigenvalue weighted by Crippen LogP contribution is 2.26. The monoisotopic (exact) mass is 239 g/mol. The summed E-state index contributed by atoms with van der Waals surface area (Å²) < 4.78 is 0. The Bertz CT molecular complexity index is 336. The Morgan fingerprint density at radius 2 is 2.31 bits per heavy atom. The zero-order valence-electron chi connectivity index (χ0n) is 10.1. The Morgan fingerprint density at radius 3 is 2.94 bits per heavy atom. The van der Waals surface area contributed by atoms with E-state index in [-0.39, 0.29) is 6.10 Å². The maximum absolute atomic E-state index is 9.64. The molecular formula is C13H21NOS. The van der Waals surface area contributed by atoms with Gasteiger partial charge in [-0.25, -0.2) is 0 Å². The topological polar surface area (TPSA) is 32.3 Å². The summed E-state index contributed by atoms with van der Waals surface area (Å²) in [4.78, 5) is 1.43. The van der Waals surface area contributed by atoms with Gasteiger partial charge >= 0.3 is 0 Å². The second kappa shape index (κ2) is 5.30. The van der Waals surface area contributed by atoms with Crippen LogP contribution in [0.4, 0.5) is 0 Å². The molecular weight excluding hydrogens is 218 g/mol. The summed E-state index contributed by atoms with van der Waals surface area (Å²) in [5, 5.41) is 15.4. The molecule has 3 atom stereocenters. The van der Waals surface area contributed by atoms with Crippen molar-refractivity contribution in [3.63, 3.8) is 0 Å². The van der Waals surface area contributed by atoms with Gasteiger partial charge in [0, 0.05) is 17.0 Å². The summed E-state index contributed by atoms with van der Waals surface area (Å²) in [6, 6.07) is 3.07. The first-order valence-corrected chi connectivity index (χ1v) is 7.03. The van der Waals surface area contributed by atoms with Crippen LogP contribution in [-0.4, -0.2) is 17.3 Å². The van der Waals surface area contributed by atoms with E-state index in [2.05, 4.69) is 30.6 Å². The van der Waals surface area contributed by atoms with Gasteiger partial charge in [0.05, 0.1) is 6.10 Å². The highest BCUT2D eigenvalue weighted by Gasteiger charge is 2.22. The van der Waals surface area contributed by atoms with Crippen LogP contribution in [0.3, 0.4) is 0 Å². The molecule has 0 amide bonds. The summed E-state index contributed by atoms with van der Waals surface area (Å²) >= 11 is 1.82. The first-order valence-electron chi connectivity index (χ1n) is 6.15. The lowest BCUT2D eigenvalue weighted by Gasteiger charge is -2.29. The van der Waals surface area contributed by atoms with Crippen molar-refractivity contribution in [2.75, 3.05) is 0 Å². The van der Waals surface area contributed by atoms with E-state index in [1.165, 1.54) is 16.9 Å². The molecule has 1 saturated carbocycles. The molecule has 1 aliphatic rings. The molecule has 0 saturated heterocycles. The Labute approximate surface area is 102 Å². The van der Waals surface area contributed by atoms with Gasteiger partial charge in [-0.05, 0) is 56.5 Å². The number of hydrogen-bond donors (Lipinski definition) is 2. The van der Waals surface area contributed by atoms with Gasteiger partial charge in [0.25, 0.3) is 0 Å². The molecule has 3 unspecified atom stereocenters. The van der Waals surface area contributed by atoms with Crippen molar-refractivity contribution in [2.45, 2.75) is 57.7 Å². The lowest BCUT2D eigenvalue weighted by atomic mass is 9.92. The van der Waals surface area contributed by atoms with Gasteiger partial charge in [-0.1, -0.05) is 0 Å². The molecule has 1 heterocycles. The van der Waals surface area contributed by atoms with Crippen molar-refractivity contribution in [1.82, 2.24) is 5.32 Å². The molecule has 1 aliphatic carbocycles. The molecule has 0 bridgehead atoms. The van der Waals surface area contributed by atoms with Crippen LogP contribution < -0.4 is 5.32 Å². The van der Waals surface area contributed by atoms with E-state index in [0.29, 0.717) is 12.1 Å². The van der Waals surface area contributed by atoms with Crippen LogP contribution >= 0.6 is 11.3 Å². The zero-order chi connectivity index (χ0) is 11.5.